The quantitative estimate of drug-likeness (QED) is 0.823. The molecule has 0 aliphatic heterocycles. The van der Waals surface area contributed by atoms with Crippen LogP contribution >= 0.6 is 27.5 Å². The van der Waals surface area contributed by atoms with Crippen LogP contribution in [0.5, 0.6) is 0 Å². The van der Waals surface area contributed by atoms with Gasteiger partial charge in [0, 0.05) is 16.4 Å². The Balaban J connectivity index is 2.36. The maximum absolute atomic E-state index is 13.5. The molecule has 0 aliphatic carbocycles. The summed E-state index contributed by atoms with van der Waals surface area (Å²) in [6.07, 6.45) is 1.44. The van der Waals surface area contributed by atoms with Crippen LogP contribution in [0.2, 0.25) is 5.15 Å². The molecule has 2 nitrogen and oxygen atoms in total. The van der Waals surface area contributed by atoms with Gasteiger partial charge in [-0.15, -0.1) is 0 Å². The number of aromatic nitrogens is 1. The molecule has 2 aromatic rings. The first-order valence-corrected chi connectivity index (χ1v) is 5.76. The first-order valence-electron chi connectivity index (χ1n) is 4.59. The Kier molecular flexibility index (Phi) is 3.59. The molecule has 1 aromatic carbocycles. The number of hydrogen-bond acceptors (Lipinski definition) is 2. The molecule has 0 aliphatic rings. The fourth-order valence-corrected chi connectivity index (χ4v) is 1.86. The molecule has 17 heavy (non-hydrogen) atoms. The van der Waals surface area contributed by atoms with Gasteiger partial charge in [0.05, 0.1) is 0 Å². The van der Waals surface area contributed by atoms with Gasteiger partial charge in [-0.3, -0.25) is 0 Å². The summed E-state index contributed by atoms with van der Waals surface area (Å²) in [6, 6.07) is 5.39. The van der Waals surface area contributed by atoms with Crippen LogP contribution in [0.3, 0.4) is 0 Å². The number of nitrogens with one attached hydrogen (secondary N) is 1. The zero-order chi connectivity index (χ0) is 12.4. The third-order valence-electron chi connectivity index (χ3n) is 2.00. The van der Waals surface area contributed by atoms with Crippen molar-refractivity contribution in [2.75, 3.05) is 5.32 Å². The van der Waals surface area contributed by atoms with Gasteiger partial charge >= 0.3 is 0 Å². The zero-order valence-corrected chi connectivity index (χ0v) is 10.7. The number of rotatable bonds is 2. The highest BCUT2D eigenvalue weighted by atomic mass is 79.9. The minimum absolute atomic E-state index is 0.226. The van der Waals surface area contributed by atoms with Crippen LogP contribution in [0.4, 0.5) is 20.2 Å². The molecular weight excluding hydrogens is 313 g/mol. The van der Waals surface area contributed by atoms with Crippen LogP contribution in [0, 0.1) is 11.6 Å². The molecule has 0 amide bonds. The van der Waals surface area contributed by atoms with Crippen molar-refractivity contribution in [3.05, 3.63) is 51.7 Å². The van der Waals surface area contributed by atoms with Crippen molar-refractivity contribution in [1.82, 2.24) is 4.98 Å². The Hall–Kier alpha value is -1.20. The number of benzene rings is 1. The van der Waals surface area contributed by atoms with E-state index in [1.54, 1.807) is 6.07 Å². The fraction of sp³-hybridized carbons (Fsp3) is 0. The van der Waals surface area contributed by atoms with Crippen LogP contribution in [0.1, 0.15) is 0 Å². The van der Waals surface area contributed by atoms with Gasteiger partial charge < -0.3 is 5.32 Å². The van der Waals surface area contributed by atoms with E-state index < -0.39 is 11.6 Å². The minimum Gasteiger partial charge on any atom is -0.351 e. The maximum atomic E-state index is 13.5. The molecule has 6 heteroatoms. The van der Waals surface area contributed by atoms with Crippen LogP contribution in [-0.2, 0) is 0 Å². The molecule has 88 valence electrons. The molecule has 0 unspecified atom stereocenters. The molecular formula is C11H6BrClF2N2. The summed E-state index contributed by atoms with van der Waals surface area (Å²) in [5.41, 5.74) is 0.237. The number of hydrogen-bond donors (Lipinski definition) is 1. The van der Waals surface area contributed by atoms with E-state index in [4.69, 9.17) is 11.6 Å². The highest BCUT2D eigenvalue weighted by molar-refractivity contribution is 9.10. The van der Waals surface area contributed by atoms with Crippen molar-refractivity contribution in [2.45, 2.75) is 0 Å². The summed E-state index contributed by atoms with van der Waals surface area (Å²) in [5, 5.41) is 2.86. The van der Waals surface area contributed by atoms with Crippen molar-refractivity contribution >= 4 is 38.9 Å². The molecule has 2 rings (SSSR count). The van der Waals surface area contributed by atoms with Crippen molar-refractivity contribution in [3.63, 3.8) is 0 Å². The van der Waals surface area contributed by atoms with Gasteiger partial charge in [0.15, 0.2) is 11.6 Å². The maximum Gasteiger partial charge on any atom is 0.150 e. The van der Waals surface area contributed by atoms with E-state index in [2.05, 4.69) is 26.2 Å². The Morgan fingerprint density at radius 1 is 1.18 bits per heavy atom. The van der Waals surface area contributed by atoms with E-state index in [1.807, 2.05) is 0 Å². The van der Waals surface area contributed by atoms with Gasteiger partial charge in [-0.1, -0.05) is 27.5 Å². The van der Waals surface area contributed by atoms with E-state index in [-0.39, 0.29) is 10.8 Å². The van der Waals surface area contributed by atoms with E-state index in [1.165, 1.54) is 24.4 Å². The summed E-state index contributed by atoms with van der Waals surface area (Å²) in [6.45, 7) is 0. The molecule has 0 spiro atoms. The zero-order valence-electron chi connectivity index (χ0n) is 8.35. The highest BCUT2D eigenvalue weighted by Gasteiger charge is 2.10. The van der Waals surface area contributed by atoms with Crippen molar-refractivity contribution in [2.24, 2.45) is 0 Å². The standard InChI is InChI=1S/C11H6BrClF2N2/c12-6-3-8(14)11(9(15)4-6)17-7-1-2-16-10(13)5-7/h1-5H,(H,16,17). The summed E-state index contributed by atoms with van der Waals surface area (Å²) in [5.74, 6) is -1.38. The van der Waals surface area contributed by atoms with Gasteiger partial charge in [-0.2, -0.15) is 0 Å². The second-order valence-electron chi connectivity index (χ2n) is 3.24. The van der Waals surface area contributed by atoms with Crippen LogP contribution in [0.25, 0.3) is 0 Å². The second-order valence-corrected chi connectivity index (χ2v) is 4.54. The Morgan fingerprint density at radius 2 is 1.82 bits per heavy atom. The molecule has 0 fully saturated rings. The number of halogens is 4. The van der Waals surface area contributed by atoms with Crippen LogP contribution < -0.4 is 5.32 Å². The number of nitrogens with zero attached hydrogens (tertiary/aromatic N) is 1. The van der Waals surface area contributed by atoms with Crippen molar-refractivity contribution in [3.8, 4) is 0 Å². The number of anilines is 2. The summed E-state index contributed by atoms with van der Waals surface area (Å²) in [4.78, 5) is 3.77. The Bertz CT molecular complexity index is 540. The average molecular weight is 320 g/mol. The predicted octanol–water partition coefficient (Wildman–Crippen LogP) is 4.52. The minimum atomic E-state index is -0.690. The second kappa shape index (κ2) is 4.98. The highest BCUT2D eigenvalue weighted by Crippen LogP contribution is 2.27. The molecule has 0 saturated carbocycles. The first-order chi connectivity index (χ1) is 8.06. The smallest absolute Gasteiger partial charge is 0.150 e. The number of pyridine rings is 1. The van der Waals surface area contributed by atoms with E-state index >= 15 is 0 Å². The lowest BCUT2D eigenvalue weighted by atomic mass is 10.2. The van der Waals surface area contributed by atoms with E-state index in [9.17, 15) is 8.78 Å². The SMILES string of the molecule is Fc1cc(Br)cc(F)c1Nc1ccnc(Cl)c1. The van der Waals surface area contributed by atoms with Crippen molar-refractivity contribution in [1.29, 1.82) is 0 Å². The van der Waals surface area contributed by atoms with Gasteiger partial charge in [-0.25, -0.2) is 13.8 Å². The predicted molar refractivity (Wildman–Crippen MR) is 66.6 cm³/mol. The monoisotopic (exact) mass is 318 g/mol. The molecule has 0 radical (unpaired) electrons. The third-order valence-corrected chi connectivity index (χ3v) is 2.67. The normalized spacial score (nSPS) is 10.4. The summed E-state index contributed by atoms with van der Waals surface area (Å²) < 4.78 is 27.4. The topological polar surface area (TPSA) is 24.9 Å². The lowest BCUT2D eigenvalue weighted by molar-refractivity contribution is 0.589. The summed E-state index contributed by atoms with van der Waals surface area (Å²) >= 11 is 8.68. The van der Waals surface area contributed by atoms with Crippen LogP contribution in [0.15, 0.2) is 34.9 Å². The van der Waals surface area contributed by atoms with Gasteiger partial charge in [0.25, 0.3) is 0 Å². The average Bonchev–Trinajstić information content (AvgIpc) is 2.23. The summed E-state index contributed by atoms with van der Waals surface area (Å²) in [7, 11) is 0. The third kappa shape index (κ3) is 2.92. The molecule has 0 atom stereocenters. The molecule has 1 N–H and O–H groups in total. The van der Waals surface area contributed by atoms with Crippen molar-refractivity contribution < 1.29 is 8.78 Å². The molecule has 1 aromatic heterocycles. The van der Waals surface area contributed by atoms with E-state index in [0.717, 1.165) is 0 Å². The van der Waals surface area contributed by atoms with Gasteiger partial charge in [0.1, 0.15) is 10.8 Å². The fourth-order valence-electron chi connectivity index (χ4n) is 1.29. The lowest BCUT2D eigenvalue weighted by Gasteiger charge is -2.09. The Labute approximate surface area is 110 Å². The van der Waals surface area contributed by atoms with Gasteiger partial charge in [0.2, 0.25) is 0 Å². The Morgan fingerprint density at radius 3 is 2.41 bits per heavy atom. The molecule has 1 heterocycles. The molecule has 0 bridgehead atoms. The van der Waals surface area contributed by atoms with Crippen LogP contribution in [-0.4, -0.2) is 4.98 Å². The largest absolute Gasteiger partial charge is 0.351 e. The lowest BCUT2D eigenvalue weighted by Crippen LogP contribution is -1.98. The van der Waals surface area contributed by atoms with E-state index in [0.29, 0.717) is 10.2 Å². The molecule has 0 saturated heterocycles. The van der Waals surface area contributed by atoms with Gasteiger partial charge in [-0.05, 0) is 24.3 Å². The first kappa shape index (κ1) is 12.3.